The second-order valence-corrected chi connectivity index (χ2v) is 8.26. The summed E-state index contributed by atoms with van der Waals surface area (Å²) in [6, 6.07) is 9.78. The monoisotopic (exact) mass is 335 g/mol. The van der Waals surface area contributed by atoms with Crippen LogP contribution in [0.1, 0.15) is 18.5 Å². The average molecular weight is 335 g/mol. The van der Waals surface area contributed by atoms with Gasteiger partial charge in [-0.15, -0.1) is 0 Å². The number of aromatic nitrogens is 1. The van der Waals surface area contributed by atoms with Crippen LogP contribution < -0.4 is 5.32 Å². The van der Waals surface area contributed by atoms with Crippen LogP contribution in [0.3, 0.4) is 0 Å². The molecule has 2 unspecified atom stereocenters. The number of H-pyrrole nitrogens is 1. The number of sulfone groups is 1. The number of rotatable bonds is 3. The molecule has 23 heavy (non-hydrogen) atoms. The van der Waals surface area contributed by atoms with Crippen LogP contribution in [0.5, 0.6) is 0 Å². The summed E-state index contributed by atoms with van der Waals surface area (Å²) in [4.78, 5) is 17.6. The summed E-state index contributed by atoms with van der Waals surface area (Å²) in [7, 11) is -3.33. The molecule has 0 radical (unpaired) electrons. The van der Waals surface area contributed by atoms with Crippen LogP contribution in [0.25, 0.3) is 10.9 Å². The van der Waals surface area contributed by atoms with Crippen molar-refractivity contribution in [3.05, 3.63) is 36.0 Å². The van der Waals surface area contributed by atoms with Gasteiger partial charge in [0, 0.05) is 37.1 Å². The van der Waals surface area contributed by atoms with E-state index in [1.807, 2.05) is 37.3 Å². The highest BCUT2D eigenvalue weighted by atomic mass is 32.2. The van der Waals surface area contributed by atoms with Gasteiger partial charge in [0.05, 0.1) is 5.92 Å². The van der Waals surface area contributed by atoms with E-state index in [1.54, 1.807) is 0 Å². The molecule has 124 valence electrons. The number of nitrogens with zero attached hydrogens (tertiary/aromatic N) is 1. The van der Waals surface area contributed by atoms with Gasteiger partial charge in [0.2, 0.25) is 5.91 Å². The van der Waals surface area contributed by atoms with Crippen molar-refractivity contribution in [3.63, 3.8) is 0 Å². The van der Waals surface area contributed by atoms with Gasteiger partial charge in [0.1, 0.15) is 5.37 Å². The fraction of sp³-hybridized carbons (Fsp3) is 0.438. The van der Waals surface area contributed by atoms with Crippen molar-refractivity contribution < 1.29 is 13.2 Å². The van der Waals surface area contributed by atoms with E-state index in [0.717, 1.165) is 16.6 Å². The lowest BCUT2D eigenvalue weighted by molar-refractivity contribution is -0.134. The van der Waals surface area contributed by atoms with E-state index < -0.39 is 21.1 Å². The van der Waals surface area contributed by atoms with Gasteiger partial charge in [-0.25, -0.2) is 8.42 Å². The molecule has 6 nitrogen and oxygen atoms in total. The number of para-hydroxylation sites is 1. The fourth-order valence-corrected chi connectivity index (χ4v) is 4.12. The van der Waals surface area contributed by atoms with E-state index in [2.05, 4.69) is 10.3 Å². The maximum absolute atomic E-state index is 12.8. The molecule has 1 aliphatic rings. The van der Waals surface area contributed by atoms with Crippen LogP contribution in [0.4, 0.5) is 0 Å². The lowest BCUT2D eigenvalue weighted by Gasteiger charge is -2.36. The molecule has 1 saturated heterocycles. The first-order valence-electron chi connectivity index (χ1n) is 7.65. The van der Waals surface area contributed by atoms with E-state index in [0.29, 0.717) is 13.1 Å². The van der Waals surface area contributed by atoms with Crippen LogP contribution in [0.15, 0.2) is 30.3 Å². The summed E-state index contributed by atoms with van der Waals surface area (Å²) in [6.45, 7) is 3.11. The highest BCUT2D eigenvalue weighted by Gasteiger charge is 2.36. The minimum Gasteiger partial charge on any atom is -0.358 e. The van der Waals surface area contributed by atoms with E-state index in [1.165, 1.54) is 11.2 Å². The van der Waals surface area contributed by atoms with Crippen LogP contribution in [0.2, 0.25) is 0 Å². The fourth-order valence-electron chi connectivity index (χ4n) is 3.02. The van der Waals surface area contributed by atoms with Crippen molar-refractivity contribution in [1.82, 2.24) is 15.2 Å². The molecular weight excluding hydrogens is 314 g/mol. The Balaban J connectivity index is 1.88. The third kappa shape index (κ3) is 3.11. The van der Waals surface area contributed by atoms with Crippen LogP contribution in [-0.2, 0) is 14.6 Å². The highest BCUT2D eigenvalue weighted by molar-refractivity contribution is 7.91. The van der Waals surface area contributed by atoms with Gasteiger partial charge in [0.25, 0.3) is 0 Å². The Morgan fingerprint density at radius 3 is 2.78 bits per heavy atom. The van der Waals surface area contributed by atoms with Gasteiger partial charge in [-0.2, -0.15) is 0 Å². The minimum atomic E-state index is -3.33. The summed E-state index contributed by atoms with van der Waals surface area (Å²) < 4.78 is 23.9. The molecule has 7 heteroatoms. The largest absolute Gasteiger partial charge is 0.358 e. The molecule has 2 heterocycles. The summed E-state index contributed by atoms with van der Waals surface area (Å²) >= 11 is 0. The summed E-state index contributed by atoms with van der Waals surface area (Å²) in [5.74, 6) is -0.571. The molecule has 1 aromatic heterocycles. The number of carbonyl (C=O) groups excluding carboxylic acids is 1. The van der Waals surface area contributed by atoms with E-state index >= 15 is 0 Å². The van der Waals surface area contributed by atoms with Gasteiger partial charge in [-0.1, -0.05) is 18.2 Å². The second-order valence-electron chi connectivity index (χ2n) is 6.05. The molecule has 2 aromatic rings. The number of hydrogen-bond donors (Lipinski definition) is 2. The predicted molar refractivity (Wildman–Crippen MR) is 89.9 cm³/mol. The molecule has 1 fully saturated rings. The maximum atomic E-state index is 12.8. The van der Waals surface area contributed by atoms with Gasteiger partial charge in [-0.3, -0.25) is 4.79 Å². The number of hydrogen-bond acceptors (Lipinski definition) is 4. The zero-order valence-electron chi connectivity index (χ0n) is 13.2. The molecule has 2 atom stereocenters. The number of piperazine rings is 1. The summed E-state index contributed by atoms with van der Waals surface area (Å²) in [5.41, 5.74) is 1.78. The number of nitrogens with one attached hydrogen (secondary N) is 2. The normalized spacial score (nSPS) is 20.6. The minimum absolute atomic E-state index is 0.159. The molecule has 1 amide bonds. The first-order valence-corrected chi connectivity index (χ1v) is 9.61. The van der Waals surface area contributed by atoms with Crippen LogP contribution in [-0.4, -0.2) is 55.5 Å². The third-order valence-electron chi connectivity index (χ3n) is 4.36. The second kappa shape index (κ2) is 5.98. The van der Waals surface area contributed by atoms with Crippen molar-refractivity contribution in [2.24, 2.45) is 0 Å². The Hall–Kier alpha value is -1.86. The molecule has 2 N–H and O–H groups in total. The smallest absolute Gasteiger partial charge is 0.232 e. The molecule has 3 rings (SSSR count). The molecular formula is C16H21N3O3S. The van der Waals surface area contributed by atoms with Crippen molar-refractivity contribution in [1.29, 1.82) is 0 Å². The molecule has 0 bridgehead atoms. The van der Waals surface area contributed by atoms with Gasteiger partial charge < -0.3 is 15.2 Å². The van der Waals surface area contributed by atoms with Crippen molar-refractivity contribution in [2.45, 2.75) is 18.2 Å². The topological polar surface area (TPSA) is 82.3 Å². The van der Waals surface area contributed by atoms with Crippen LogP contribution >= 0.6 is 0 Å². The van der Waals surface area contributed by atoms with Gasteiger partial charge in [-0.05, 0) is 24.4 Å². The SMILES string of the molecule is CC(C(=O)N1CCNCC1S(C)(=O)=O)c1cc2ccccc2[nH]1. The van der Waals surface area contributed by atoms with E-state index in [4.69, 9.17) is 0 Å². The Kier molecular flexibility index (Phi) is 4.16. The molecule has 1 aliphatic heterocycles. The Bertz CT molecular complexity index is 795. The van der Waals surface area contributed by atoms with Crippen molar-refractivity contribution in [3.8, 4) is 0 Å². The number of aromatic amines is 1. The standard InChI is InChI=1S/C16H21N3O3S/c1-11(14-9-12-5-3-4-6-13(12)18-14)16(20)19-8-7-17-10-15(19)23(2,21)22/h3-6,9,11,15,17-18H,7-8,10H2,1-2H3. The molecule has 0 spiro atoms. The first-order chi connectivity index (χ1) is 10.9. The van der Waals surface area contributed by atoms with Crippen LogP contribution in [0, 0.1) is 0 Å². The van der Waals surface area contributed by atoms with E-state index in [-0.39, 0.29) is 12.5 Å². The maximum Gasteiger partial charge on any atom is 0.232 e. The number of carbonyl (C=O) groups is 1. The zero-order chi connectivity index (χ0) is 16.6. The van der Waals surface area contributed by atoms with Crippen molar-refractivity contribution in [2.75, 3.05) is 25.9 Å². The zero-order valence-corrected chi connectivity index (χ0v) is 14.1. The first kappa shape index (κ1) is 16.0. The number of benzene rings is 1. The molecule has 0 saturated carbocycles. The summed E-state index contributed by atoms with van der Waals surface area (Å²) in [5, 5.41) is 3.29. The number of fused-ring (bicyclic) bond motifs is 1. The Labute approximate surface area is 135 Å². The average Bonchev–Trinajstić information content (AvgIpc) is 2.96. The Morgan fingerprint density at radius 1 is 1.35 bits per heavy atom. The van der Waals surface area contributed by atoms with Gasteiger partial charge >= 0.3 is 0 Å². The lowest BCUT2D eigenvalue weighted by Crippen LogP contribution is -2.57. The lowest BCUT2D eigenvalue weighted by atomic mass is 10.1. The van der Waals surface area contributed by atoms with Gasteiger partial charge in [0.15, 0.2) is 9.84 Å². The Morgan fingerprint density at radius 2 is 2.09 bits per heavy atom. The third-order valence-corrected chi connectivity index (χ3v) is 5.77. The van der Waals surface area contributed by atoms with E-state index in [9.17, 15) is 13.2 Å². The predicted octanol–water partition coefficient (Wildman–Crippen LogP) is 1.07. The molecule has 1 aromatic carbocycles. The highest BCUT2D eigenvalue weighted by Crippen LogP contribution is 2.24. The molecule has 0 aliphatic carbocycles. The van der Waals surface area contributed by atoms with Crippen molar-refractivity contribution >= 4 is 26.6 Å². The quantitative estimate of drug-likeness (QED) is 0.879. The summed E-state index contributed by atoms with van der Waals surface area (Å²) in [6.07, 6.45) is 1.18. The number of amides is 1.